The van der Waals surface area contributed by atoms with Crippen LogP contribution in [0.15, 0.2) is 12.1 Å². The number of aryl methyl sites for hydroxylation is 2. The monoisotopic (exact) mass is 213 g/mol. The molecule has 1 aromatic rings. The van der Waals surface area contributed by atoms with Crippen molar-refractivity contribution in [3.63, 3.8) is 0 Å². The molecule has 78 valence electrons. The molecule has 2 nitrogen and oxygen atoms in total. The second-order valence-corrected chi connectivity index (χ2v) is 3.69. The van der Waals surface area contributed by atoms with E-state index < -0.39 is 0 Å². The Morgan fingerprint density at radius 3 is 2.50 bits per heavy atom. The quantitative estimate of drug-likeness (QED) is 0.566. The summed E-state index contributed by atoms with van der Waals surface area (Å²) in [7, 11) is 3.63. The molecule has 0 aliphatic heterocycles. The van der Waals surface area contributed by atoms with Crippen molar-refractivity contribution in [1.29, 1.82) is 0 Å². The number of halogens is 1. The Kier molecular flexibility index (Phi) is 3.64. The van der Waals surface area contributed by atoms with Crippen LogP contribution in [0.4, 0.5) is 5.69 Å². The Labute approximate surface area is 90.4 Å². The SMILES string of the molecule is COc1c(C)cc(C)cc1N(C)CCl. The molecular weight excluding hydrogens is 198 g/mol. The summed E-state index contributed by atoms with van der Waals surface area (Å²) in [4.78, 5) is 1.96. The van der Waals surface area contributed by atoms with Crippen molar-refractivity contribution in [2.24, 2.45) is 0 Å². The van der Waals surface area contributed by atoms with Crippen molar-refractivity contribution in [3.8, 4) is 5.75 Å². The molecule has 0 heterocycles. The van der Waals surface area contributed by atoms with Gasteiger partial charge in [0.1, 0.15) is 5.75 Å². The number of hydrogen-bond donors (Lipinski definition) is 0. The van der Waals surface area contributed by atoms with E-state index in [9.17, 15) is 0 Å². The Bertz CT molecular complexity index is 325. The lowest BCUT2D eigenvalue weighted by molar-refractivity contribution is 0.412. The highest BCUT2D eigenvalue weighted by molar-refractivity contribution is 6.19. The third-order valence-electron chi connectivity index (χ3n) is 2.19. The van der Waals surface area contributed by atoms with Gasteiger partial charge in [0, 0.05) is 7.05 Å². The van der Waals surface area contributed by atoms with Crippen molar-refractivity contribution in [1.82, 2.24) is 0 Å². The van der Waals surface area contributed by atoms with E-state index >= 15 is 0 Å². The Hall–Kier alpha value is -0.890. The van der Waals surface area contributed by atoms with Gasteiger partial charge < -0.3 is 9.64 Å². The molecule has 0 spiro atoms. The van der Waals surface area contributed by atoms with E-state index in [2.05, 4.69) is 19.1 Å². The fourth-order valence-electron chi connectivity index (χ4n) is 1.55. The third kappa shape index (κ3) is 2.13. The molecule has 0 saturated heterocycles. The molecule has 0 radical (unpaired) electrons. The van der Waals surface area contributed by atoms with Crippen molar-refractivity contribution in [2.45, 2.75) is 13.8 Å². The lowest BCUT2D eigenvalue weighted by Gasteiger charge is -2.20. The number of hydrogen-bond acceptors (Lipinski definition) is 2. The lowest BCUT2D eigenvalue weighted by atomic mass is 10.1. The van der Waals surface area contributed by atoms with Gasteiger partial charge in [-0.1, -0.05) is 6.07 Å². The predicted octanol–water partition coefficient (Wildman–Crippen LogP) is 2.94. The third-order valence-corrected chi connectivity index (χ3v) is 2.55. The minimum atomic E-state index is 0.458. The topological polar surface area (TPSA) is 12.5 Å². The zero-order valence-electron chi connectivity index (χ0n) is 9.10. The minimum absolute atomic E-state index is 0.458. The maximum Gasteiger partial charge on any atom is 0.145 e. The fraction of sp³-hybridized carbons (Fsp3) is 0.455. The van der Waals surface area contributed by atoms with Crippen LogP contribution in [0.25, 0.3) is 0 Å². The summed E-state index contributed by atoms with van der Waals surface area (Å²) in [6.07, 6.45) is 0. The van der Waals surface area contributed by atoms with Gasteiger partial charge in [-0.05, 0) is 31.0 Å². The first kappa shape index (κ1) is 11.2. The number of methoxy groups -OCH3 is 1. The van der Waals surface area contributed by atoms with E-state index in [1.54, 1.807) is 7.11 Å². The summed E-state index contributed by atoms with van der Waals surface area (Å²) < 4.78 is 5.35. The Balaban J connectivity index is 3.24. The van der Waals surface area contributed by atoms with Crippen LogP contribution >= 0.6 is 11.6 Å². The number of nitrogens with zero attached hydrogens (tertiary/aromatic N) is 1. The van der Waals surface area contributed by atoms with Gasteiger partial charge in [-0.3, -0.25) is 0 Å². The molecule has 3 heteroatoms. The van der Waals surface area contributed by atoms with Crippen molar-refractivity contribution >= 4 is 17.3 Å². The first-order valence-electron chi connectivity index (χ1n) is 4.52. The molecule has 14 heavy (non-hydrogen) atoms. The minimum Gasteiger partial charge on any atom is -0.494 e. The smallest absolute Gasteiger partial charge is 0.145 e. The fourth-order valence-corrected chi connectivity index (χ4v) is 1.67. The van der Waals surface area contributed by atoms with Gasteiger partial charge in [0.15, 0.2) is 0 Å². The second kappa shape index (κ2) is 4.56. The molecule has 0 amide bonds. The molecule has 1 aromatic carbocycles. The van der Waals surface area contributed by atoms with Crippen molar-refractivity contribution < 1.29 is 4.74 Å². The highest BCUT2D eigenvalue weighted by atomic mass is 35.5. The molecule has 0 fully saturated rings. The van der Waals surface area contributed by atoms with Crippen LogP contribution in [0.1, 0.15) is 11.1 Å². The summed E-state index contributed by atoms with van der Waals surface area (Å²) in [5, 5.41) is 0. The predicted molar refractivity (Wildman–Crippen MR) is 61.6 cm³/mol. The number of ether oxygens (including phenoxy) is 1. The summed E-state index contributed by atoms with van der Waals surface area (Å²) >= 11 is 5.79. The van der Waals surface area contributed by atoms with E-state index in [4.69, 9.17) is 16.3 Å². The lowest BCUT2D eigenvalue weighted by Crippen LogP contribution is -2.15. The van der Waals surface area contributed by atoms with Gasteiger partial charge in [0.2, 0.25) is 0 Å². The Morgan fingerprint density at radius 1 is 1.36 bits per heavy atom. The zero-order chi connectivity index (χ0) is 10.7. The van der Waals surface area contributed by atoms with E-state index in [0.29, 0.717) is 6.00 Å². The van der Waals surface area contributed by atoms with Crippen LogP contribution in [-0.2, 0) is 0 Å². The van der Waals surface area contributed by atoms with Crippen molar-refractivity contribution in [3.05, 3.63) is 23.3 Å². The first-order valence-corrected chi connectivity index (χ1v) is 5.06. The molecule has 0 aliphatic carbocycles. The maximum absolute atomic E-state index is 5.79. The zero-order valence-corrected chi connectivity index (χ0v) is 9.85. The highest BCUT2D eigenvalue weighted by Crippen LogP contribution is 2.32. The van der Waals surface area contributed by atoms with E-state index in [-0.39, 0.29) is 0 Å². The molecule has 0 aliphatic rings. The Morgan fingerprint density at radius 2 is 2.00 bits per heavy atom. The summed E-state index contributed by atoms with van der Waals surface area (Å²) in [5.74, 6) is 0.902. The molecule has 0 bridgehead atoms. The molecule has 0 N–H and O–H groups in total. The molecule has 0 atom stereocenters. The van der Waals surface area contributed by atoms with Gasteiger partial charge >= 0.3 is 0 Å². The van der Waals surface area contributed by atoms with Crippen LogP contribution in [0.5, 0.6) is 5.75 Å². The number of rotatable bonds is 3. The standard InChI is InChI=1S/C11H16ClNO/c1-8-5-9(2)11(14-4)10(6-8)13(3)7-12/h5-6H,7H2,1-4H3. The average Bonchev–Trinajstić information content (AvgIpc) is 2.15. The van der Waals surface area contributed by atoms with Gasteiger partial charge in [0.25, 0.3) is 0 Å². The summed E-state index contributed by atoms with van der Waals surface area (Å²) in [6, 6.07) is 4.64. The number of anilines is 1. The maximum atomic E-state index is 5.79. The van der Waals surface area contributed by atoms with E-state index in [1.165, 1.54) is 5.56 Å². The van der Waals surface area contributed by atoms with E-state index in [1.807, 2.05) is 18.9 Å². The first-order chi connectivity index (χ1) is 6.60. The molecule has 0 aromatic heterocycles. The van der Waals surface area contributed by atoms with Gasteiger partial charge in [0.05, 0.1) is 18.8 Å². The largest absolute Gasteiger partial charge is 0.494 e. The molecular formula is C11H16ClNO. The summed E-state index contributed by atoms with van der Waals surface area (Å²) in [6.45, 7) is 4.11. The van der Waals surface area contributed by atoms with E-state index in [0.717, 1.165) is 17.0 Å². The van der Waals surface area contributed by atoms with Crippen LogP contribution in [0.3, 0.4) is 0 Å². The summed E-state index contributed by atoms with van der Waals surface area (Å²) in [5.41, 5.74) is 3.40. The second-order valence-electron chi connectivity index (χ2n) is 3.45. The van der Waals surface area contributed by atoms with Gasteiger partial charge in [-0.15, -0.1) is 11.6 Å². The van der Waals surface area contributed by atoms with Crippen LogP contribution in [-0.4, -0.2) is 20.2 Å². The number of alkyl halides is 1. The van der Waals surface area contributed by atoms with Crippen LogP contribution in [0, 0.1) is 13.8 Å². The van der Waals surface area contributed by atoms with Crippen LogP contribution < -0.4 is 9.64 Å². The molecule has 0 unspecified atom stereocenters. The molecule has 0 saturated carbocycles. The van der Waals surface area contributed by atoms with Gasteiger partial charge in [-0.2, -0.15) is 0 Å². The van der Waals surface area contributed by atoms with Gasteiger partial charge in [-0.25, -0.2) is 0 Å². The normalized spacial score (nSPS) is 10.1. The number of benzene rings is 1. The molecule has 1 rings (SSSR count). The highest BCUT2D eigenvalue weighted by Gasteiger charge is 2.10. The van der Waals surface area contributed by atoms with Crippen molar-refractivity contribution in [2.75, 3.05) is 25.1 Å². The average molecular weight is 214 g/mol. The van der Waals surface area contributed by atoms with Crippen LogP contribution in [0.2, 0.25) is 0 Å².